The van der Waals surface area contributed by atoms with Gasteiger partial charge in [0.1, 0.15) is 0 Å². The molecule has 2 aliphatic rings. The minimum atomic E-state index is 1.17. The van der Waals surface area contributed by atoms with E-state index in [1.165, 1.54) is 24.1 Å². The maximum atomic E-state index is 4.17. The van der Waals surface area contributed by atoms with Gasteiger partial charge in [-0.3, -0.25) is 5.32 Å². The van der Waals surface area contributed by atoms with Crippen LogP contribution in [-0.4, -0.2) is 0 Å². The smallest absolute Gasteiger partial charge is 0.0659 e. The lowest BCUT2D eigenvalue weighted by Crippen LogP contribution is -1.93. The quantitative estimate of drug-likeness (QED) is 0.460. The second-order valence-corrected chi connectivity index (χ2v) is 2.30. The number of allylic oxidation sites excluding steroid dienone is 4. The third-order valence-electron chi connectivity index (χ3n) is 1.67. The standard InChI is InChI=1S/C8H8N/c1-2-4-8-7(3-1)5-6-9-8/h2,4-6H,1,3H2. The van der Waals surface area contributed by atoms with Gasteiger partial charge in [0.2, 0.25) is 0 Å². The van der Waals surface area contributed by atoms with Gasteiger partial charge in [0, 0.05) is 6.20 Å². The van der Waals surface area contributed by atoms with E-state index in [0.29, 0.717) is 0 Å². The molecule has 1 aliphatic heterocycles. The average molecular weight is 118 g/mol. The number of nitrogens with zero attached hydrogens (tertiary/aromatic N) is 1. The molecule has 0 aromatic carbocycles. The highest BCUT2D eigenvalue weighted by Gasteiger charge is 2.09. The van der Waals surface area contributed by atoms with E-state index in [1.807, 2.05) is 6.20 Å². The summed E-state index contributed by atoms with van der Waals surface area (Å²) in [4.78, 5) is 0. The Morgan fingerprint density at radius 1 is 1.33 bits per heavy atom. The van der Waals surface area contributed by atoms with Gasteiger partial charge in [-0.15, -0.1) is 0 Å². The monoisotopic (exact) mass is 118 g/mol. The van der Waals surface area contributed by atoms with Crippen LogP contribution in [0.15, 0.2) is 35.7 Å². The lowest BCUT2D eigenvalue weighted by molar-refractivity contribution is 0.951. The number of hydrogen-bond acceptors (Lipinski definition) is 0. The summed E-state index contributed by atoms with van der Waals surface area (Å²) in [6.07, 6.45) is 10.6. The van der Waals surface area contributed by atoms with Gasteiger partial charge in [0.05, 0.1) is 5.70 Å². The zero-order valence-corrected chi connectivity index (χ0v) is 5.17. The molecule has 0 bridgehead atoms. The first-order valence-electron chi connectivity index (χ1n) is 3.24. The second kappa shape index (κ2) is 1.76. The predicted molar refractivity (Wildman–Crippen MR) is 36.7 cm³/mol. The molecule has 45 valence electrons. The summed E-state index contributed by atoms with van der Waals surface area (Å²) >= 11 is 0. The summed E-state index contributed by atoms with van der Waals surface area (Å²) in [5.41, 5.74) is 2.57. The van der Waals surface area contributed by atoms with Crippen LogP contribution in [0.2, 0.25) is 0 Å². The molecular weight excluding hydrogens is 110 g/mol. The first kappa shape index (κ1) is 4.86. The van der Waals surface area contributed by atoms with Crippen molar-refractivity contribution in [2.24, 2.45) is 0 Å². The summed E-state index contributed by atoms with van der Waals surface area (Å²) < 4.78 is 0. The molecule has 0 aromatic rings. The molecule has 1 aliphatic carbocycles. The molecule has 2 rings (SSSR count). The Labute approximate surface area is 54.8 Å². The van der Waals surface area contributed by atoms with Crippen molar-refractivity contribution in [3.63, 3.8) is 0 Å². The fourth-order valence-electron chi connectivity index (χ4n) is 1.17. The topological polar surface area (TPSA) is 14.1 Å². The van der Waals surface area contributed by atoms with Crippen LogP contribution in [0.4, 0.5) is 0 Å². The van der Waals surface area contributed by atoms with Crippen molar-refractivity contribution >= 4 is 0 Å². The molecule has 1 heteroatoms. The van der Waals surface area contributed by atoms with Crippen molar-refractivity contribution in [3.05, 3.63) is 35.7 Å². The van der Waals surface area contributed by atoms with Crippen LogP contribution >= 0.6 is 0 Å². The minimum Gasteiger partial charge on any atom is -0.257 e. The Morgan fingerprint density at radius 3 is 3.22 bits per heavy atom. The highest BCUT2D eigenvalue weighted by Crippen LogP contribution is 2.22. The highest BCUT2D eigenvalue weighted by atomic mass is 14.9. The summed E-state index contributed by atoms with van der Waals surface area (Å²) in [7, 11) is 0. The summed E-state index contributed by atoms with van der Waals surface area (Å²) in [6.45, 7) is 0. The molecule has 0 amide bonds. The summed E-state index contributed by atoms with van der Waals surface area (Å²) in [5.74, 6) is 0. The van der Waals surface area contributed by atoms with Gasteiger partial charge in [-0.05, 0) is 30.6 Å². The molecule has 0 fully saturated rings. The molecule has 0 spiro atoms. The average Bonchev–Trinajstić information content (AvgIpc) is 2.33. The highest BCUT2D eigenvalue weighted by molar-refractivity contribution is 5.40. The minimum absolute atomic E-state index is 1.17. The Balaban J connectivity index is 2.35. The predicted octanol–water partition coefficient (Wildman–Crippen LogP) is 1.72. The first-order valence-corrected chi connectivity index (χ1v) is 3.24. The maximum absolute atomic E-state index is 4.17. The molecule has 1 nitrogen and oxygen atoms in total. The third kappa shape index (κ3) is 0.689. The van der Waals surface area contributed by atoms with E-state index in [0.717, 1.165) is 0 Å². The van der Waals surface area contributed by atoms with E-state index < -0.39 is 0 Å². The van der Waals surface area contributed by atoms with Crippen molar-refractivity contribution in [1.82, 2.24) is 5.32 Å². The van der Waals surface area contributed by atoms with Crippen LogP contribution in [0.1, 0.15) is 12.8 Å². The molecule has 0 aromatic heterocycles. The van der Waals surface area contributed by atoms with Gasteiger partial charge >= 0.3 is 0 Å². The zero-order chi connectivity index (χ0) is 6.10. The lowest BCUT2D eigenvalue weighted by atomic mass is 10.0. The van der Waals surface area contributed by atoms with Gasteiger partial charge in [-0.1, -0.05) is 6.08 Å². The number of hydrogen-bond donors (Lipinski definition) is 0. The third-order valence-corrected chi connectivity index (χ3v) is 1.67. The van der Waals surface area contributed by atoms with Crippen LogP contribution in [0, 0.1) is 0 Å². The molecule has 0 saturated carbocycles. The maximum Gasteiger partial charge on any atom is 0.0659 e. The van der Waals surface area contributed by atoms with Crippen LogP contribution in [0.3, 0.4) is 0 Å². The normalized spacial score (nSPS) is 22.2. The Kier molecular flexibility index (Phi) is 0.950. The van der Waals surface area contributed by atoms with Crippen molar-refractivity contribution in [2.45, 2.75) is 12.8 Å². The van der Waals surface area contributed by atoms with E-state index in [-0.39, 0.29) is 0 Å². The van der Waals surface area contributed by atoms with E-state index in [4.69, 9.17) is 0 Å². The van der Waals surface area contributed by atoms with Crippen molar-refractivity contribution in [1.29, 1.82) is 0 Å². The van der Waals surface area contributed by atoms with Crippen molar-refractivity contribution in [2.75, 3.05) is 0 Å². The Hall–Kier alpha value is -0.980. The van der Waals surface area contributed by atoms with Gasteiger partial charge in [-0.2, -0.15) is 0 Å². The molecule has 9 heavy (non-hydrogen) atoms. The van der Waals surface area contributed by atoms with E-state index in [9.17, 15) is 0 Å². The fraction of sp³-hybridized carbons (Fsp3) is 0.250. The van der Waals surface area contributed by atoms with Crippen LogP contribution < -0.4 is 5.32 Å². The van der Waals surface area contributed by atoms with E-state index in [1.54, 1.807) is 0 Å². The molecule has 1 radical (unpaired) electrons. The first-order chi connectivity index (χ1) is 4.47. The molecule has 0 N–H and O–H groups in total. The van der Waals surface area contributed by atoms with Gasteiger partial charge in [0.15, 0.2) is 0 Å². The SMILES string of the molecule is C1=CC2=C(C=C[N]2)CC1. The molecule has 0 atom stereocenters. The van der Waals surface area contributed by atoms with E-state index >= 15 is 0 Å². The molecule has 1 heterocycles. The summed E-state index contributed by atoms with van der Waals surface area (Å²) in [5, 5.41) is 4.17. The second-order valence-electron chi connectivity index (χ2n) is 2.30. The fourth-order valence-corrected chi connectivity index (χ4v) is 1.17. The Bertz CT molecular complexity index is 209. The summed E-state index contributed by atoms with van der Waals surface area (Å²) in [6, 6.07) is 0. The molecular formula is C8H8N. The van der Waals surface area contributed by atoms with E-state index in [2.05, 4.69) is 23.5 Å². The Morgan fingerprint density at radius 2 is 2.33 bits per heavy atom. The van der Waals surface area contributed by atoms with Crippen LogP contribution in [-0.2, 0) is 0 Å². The molecule has 0 saturated heterocycles. The van der Waals surface area contributed by atoms with Crippen LogP contribution in [0.5, 0.6) is 0 Å². The van der Waals surface area contributed by atoms with Crippen molar-refractivity contribution < 1.29 is 0 Å². The zero-order valence-electron chi connectivity index (χ0n) is 5.17. The molecule has 0 unspecified atom stereocenters. The lowest BCUT2D eigenvalue weighted by Gasteiger charge is -2.04. The van der Waals surface area contributed by atoms with Gasteiger partial charge in [-0.25, -0.2) is 0 Å². The van der Waals surface area contributed by atoms with Crippen LogP contribution in [0.25, 0.3) is 0 Å². The van der Waals surface area contributed by atoms with Gasteiger partial charge < -0.3 is 0 Å². The number of rotatable bonds is 0. The largest absolute Gasteiger partial charge is 0.257 e. The van der Waals surface area contributed by atoms with Crippen molar-refractivity contribution in [3.8, 4) is 0 Å². The van der Waals surface area contributed by atoms with Gasteiger partial charge in [0.25, 0.3) is 0 Å².